The van der Waals surface area contributed by atoms with E-state index in [0.29, 0.717) is 5.69 Å². The van der Waals surface area contributed by atoms with Crippen molar-refractivity contribution in [3.63, 3.8) is 0 Å². The molecule has 0 aliphatic carbocycles. The third-order valence-corrected chi connectivity index (χ3v) is 3.31. The summed E-state index contributed by atoms with van der Waals surface area (Å²) in [4.78, 5) is 12.1. The molecule has 0 aliphatic heterocycles. The minimum Gasteiger partial charge on any atom is -0.426 e. The van der Waals surface area contributed by atoms with Gasteiger partial charge in [0.25, 0.3) is 11.9 Å². The highest BCUT2D eigenvalue weighted by molar-refractivity contribution is 6.01. The summed E-state index contributed by atoms with van der Waals surface area (Å²) in [6.45, 7) is 1.56. The van der Waals surface area contributed by atoms with Gasteiger partial charge in [-0.05, 0) is 25.1 Å². The van der Waals surface area contributed by atoms with E-state index >= 15 is 0 Å². The molecule has 0 atom stereocenters. The number of hydrogen-bond acceptors (Lipinski definition) is 3. The number of aryl methyl sites for hydroxylation is 1. The fourth-order valence-electron chi connectivity index (χ4n) is 2.28. The molecule has 2 heterocycles. The predicted octanol–water partition coefficient (Wildman–Crippen LogP) is 4.18. The van der Waals surface area contributed by atoms with Gasteiger partial charge < -0.3 is 9.73 Å². The van der Waals surface area contributed by atoms with Gasteiger partial charge in [0.2, 0.25) is 0 Å². The summed E-state index contributed by atoms with van der Waals surface area (Å²) in [6.07, 6.45) is -4.60. The molecule has 2 aromatic heterocycles. The first-order valence-electron chi connectivity index (χ1n) is 7.05. The van der Waals surface area contributed by atoms with Crippen LogP contribution in [0.2, 0.25) is 0 Å². The van der Waals surface area contributed by atoms with Crippen LogP contribution in [0.25, 0.3) is 5.69 Å². The van der Waals surface area contributed by atoms with Crippen molar-refractivity contribution in [2.45, 2.75) is 13.1 Å². The summed E-state index contributed by atoms with van der Waals surface area (Å²) in [5.74, 6) is -1.13. The lowest BCUT2D eigenvalue weighted by Gasteiger charge is -2.14. The minimum absolute atomic E-state index is 0.00370. The topological polar surface area (TPSA) is 60.1 Å². The zero-order valence-corrected chi connectivity index (χ0v) is 12.8. The molecule has 0 fully saturated rings. The Hall–Kier alpha value is -3.10. The van der Waals surface area contributed by atoms with Crippen LogP contribution in [0.5, 0.6) is 0 Å². The Morgan fingerprint density at radius 3 is 2.56 bits per heavy atom. The van der Waals surface area contributed by atoms with Gasteiger partial charge in [-0.15, -0.1) is 0 Å². The second-order valence-electron chi connectivity index (χ2n) is 5.16. The van der Waals surface area contributed by atoms with Crippen molar-refractivity contribution in [1.82, 2.24) is 9.78 Å². The average molecular weight is 353 g/mol. The van der Waals surface area contributed by atoms with E-state index in [1.54, 1.807) is 6.92 Å². The number of nitrogens with zero attached hydrogens (tertiary/aromatic N) is 2. The third kappa shape index (κ3) is 3.39. The number of nitrogens with one attached hydrogen (secondary N) is 1. The molecule has 3 rings (SSSR count). The number of alkyl halides is 3. The van der Waals surface area contributed by atoms with Gasteiger partial charge in [-0.2, -0.15) is 22.7 Å². The van der Waals surface area contributed by atoms with E-state index in [1.165, 1.54) is 24.3 Å². The summed E-state index contributed by atoms with van der Waals surface area (Å²) >= 11 is 0. The Balaban J connectivity index is 2.02. The minimum atomic E-state index is -4.60. The van der Waals surface area contributed by atoms with Gasteiger partial charge in [0.15, 0.2) is 5.76 Å². The van der Waals surface area contributed by atoms with Crippen LogP contribution in [0.1, 0.15) is 21.8 Å². The number of aromatic nitrogens is 2. The first-order valence-corrected chi connectivity index (χ1v) is 7.05. The van der Waals surface area contributed by atoms with Crippen LogP contribution in [0.3, 0.4) is 0 Å². The monoisotopic (exact) mass is 353 g/mol. The number of amides is 1. The molecule has 0 saturated heterocycles. The van der Waals surface area contributed by atoms with Gasteiger partial charge >= 0.3 is 6.18 Å². The van der Waals surface area contributed by atoms with E-state index in [2.05, 4.69) is 14.8 Å². The molecule has 1 amide bonds. The molecular formula is C16H11F4N3O2. The molecule has 9 heteroatoms. The van der Waals surface area contributed by atoms with E-state index < -0.39 is 23.7 Å². The number of rotatable bonds is 3. The number of furan rings is 1. The molecule has 130 valence electrons. The number of carbonyl (C=O) groups excluding carboxylic acids is 1. The Morgan fingerprint density at radius 1 is 1.20 bits per heavy atom. The Morgan fingerprint density at radius 2 is 1.92 bits per heavy atom. The van der Waals surface area contributed by atoms with Crippen LogP contribution in [0, 0.1) is 12.9 Å². The number of halogens is 4. The highest BCUT2D eigenvalue weighted by Gasteiger charge is 2.34. The van der Waals surface area contributed by atoms with Crippen molar-refractivity contribution in [3.8, 4) is 5.69 Å². The number of para-hydroxylation sites is 1. The quantitative estimate of drug-likeness (QED) is 0.719. The van der Waals surface area contributed by atoms with Crippen molar-refractivity contribution < 1.29 is 26.8 Å². The summed E-state index contributed by atoms with van der Waals surface area (Å²) in [7, 11) is 0. The van der Waals surface area contributed by atoms with Crippen molar-refractivity contribution in [1.29, 1.82) is 0 Å². The van der Waals surface area contributed by atoms with Crippen molar-refractivity contribution in [2.75, 3.05) is 5.32 Å². The molecule has 1 N–H and O–H groups in total. The van der Waals surface area contributed by atoms with Crippen LogP contribution in [0.4, 0.5) is 23.4 Å². The molecule has 0 spiro atoms. The Bertz CT molecular complexity index is 928. The van der Waals surface area contributed by atoms with Gasteiger partial charge in [0.05, 0.1) is 16.9 Å². The number of benzene rings is 1. The summed E-state index contributed by atoms with van der Waals surface area (Å²) in [5, 5.41) is 6.38. The largest absolute Gasteiger partial charge is 0.426 e. The Kier molecular flexibility index (Phi) is 4.07. The van der Waals surface area contributed by atoms with E-state index in [0.717, 1.165) is 22.9 Å². The standard InChI is InChI=1S/C16H11F4N3O2/c1-9-8-14(21-15(24)12-6-7-13(17)25-12)23(22-9)11-5-3-2-4-10(11)16(18,19)20/h2-8H,1H3,(H,21,24). The van der Waals surface area contributed by atoms with Crippen molar-refractivity contribution >= 4 is 11.7 Å². The maximum absolute atomic E-state index is 13.2. The highest BCUT2D eigenvalue weighted by Crippen LogP contribution is 2.34. The van der Waals surface area contributed by atoms with Crippen LogP contribution >= 0.6 is 0 Å². The summed E-state index contributed by atoms with van der Waals surface area (Å²) in [6, 6.07) is 7.35. The van der Waals surface area contributed by atoms with Gasteiger partial charge in [-0.25, -0.2) is 4.68 Å². The molecule has 25 heavy (non-hydrogen) atoms. The Labute approximate surface area is 138 Å². The summed E-state index contributed by atoms with van der Waals surface area (Å²) in [5.41, 5.74) is -0.764. The molecular weight excluding hydrogens is 342 g/mol. The molecule has 3 aromatic rings. The lowest BCUT2D eigenvalue weighted by atomic mass is 10.1. The lowest BCUT2D eigenvalue weighted by Crippen LogP contribution is -2.17. The maximum atomic E-state index is 13.2. The first kappa shape index (κ1) is 16.7. The molecule has 1 aromatic carbocycles. The second-order valence-corrected chi connectivity index (χ2v) is 5.16. The summed E-state index contributed by atoms with van der Waals surface area (Å²) < 4.78 is 58.0. The normalized spacial score (nSPS) is 11.6. The smallest absolute Gasteiger partial charge is 0.418 e. The van der Waals surface area contributed by atoms with E-state index in [-0.39, 0.29) is 17.3 Å². The SMILES string of the molecule is Cc1cc(NC(=O)c2ccc(F)o2)n(-c2ccccc2C(F)(F)F)n1. The molecule has 0 saturated carbocycles. The second kappa shape index (κ2) is 6.08. The van der Waals surface area contributed by atoms with Crippen molar-refractivity contribution in [2.24, 2.45) is 0 Å². The highest BCUT2D eigenvalue weighted by atomic mass is 19.4. The van der Waals surface area contributed by atoms with Gasteiger partial charge in [-0.1, -0.05) is 12.1 Å². The fraction of sp³-hybridized carbons (Fsp3) is 0.125. The van der Waals surface area contributed by atoms with Crippen LogP contribution in [-0.4, -0.2) is 15.7 Å². The lowest BCUT2D eigenvalue weighted by molar-refractivity contribution is -0.137. The zero-order valence-electron chi connectivity index (χ0n) is 12.8. The van der Waals surface area contributed by atoms with Gasteiger partial charge in [-0.3, -0.25) is 4.79 Å². The van der Waals surface area contributed by atoms with E-state index in [1.807, 2.05) is 0 Å². The fourth-order valence-corrected chi connectivity index (χ4v) is 2.28. The van der Waals surface area contributed by atoms with Crippen LogP contribution < -0.4 is 5.32 Å². The van der Waals surface area contributed by atoms with Crippen LogP contribution in [-0.2, 0) is 6.18 Å². The van der Waals surface area contributed by atoms with E-state index in [9.17, 15) is 22.4 Å². The molecule has 0 aliphatic rings. The van der Waals surface area contributed by atoms with Crippen molar-refractivity contribution in [3.05, 3.63) is 65.5 Å². The molecule has 5 nitrogen and oxygen atoms in total. The van der Waals surface area contributed by atoms with Gasteiger partial charge in [0, 0.05) is 12.1 Å². The first-order chi connectivity index (χ1) is 11.8. The predicted molar refractivity (Wildman–Crippen MR) is 79.9 cm³/mol. The molecule has 0 unspecified atom stereocenters. The molecule has 0 radical (unpaired) electrons. The molecule has 0 bridgehead atoms. The van der Waals surface area contributed by atoms with Gasteiger partial charge in [0.1, 0.15) is 5.82 Å². The van der Waals surface area contributed by atoms with Crippen LogP contribution in [0.15, 0.2) is 46.9 Å². The number of hydrogen-bond donors (Lipinski definition) is 1. The average Bonchev–Trinajstić information content (AvgIpc) is 3.12. The number of carbonyl (C=O) groups is 1. The number of anilines is 1. The van der Waals surface area contributed by atoms with E-state index in [4.69, 9.17) is 0 Å². The third-order valence-electron chi connectivity index (χ3n) is 3.31. The zero-order chi connectivity index (χ0) is 18.2. The maximum Gasteiger partial charge on any atom is 0.418 e.